The van der Waals surface area contributed by atoms with Crippen LogP contribution in [0.4, 0.5) is 0 Å². The molecule has 19 heavy (non-hydrogen) atoms. The lowest BCUT2D eigenvalue weighted by molar-refractivity contribution is 0.458. The number of halogens is 1. The first-order chi connectivity index (χ1) is 8.99. The number of rotatable bonds is 5. The van der Waals surface area contributed by atoms with Crippen LogP contribution in [0.25, 0.3) is 0 Å². The van der Waals surface area contributed by atoms with Gasteiger partial charge in [-0.25, -0.2) is 13.1 Å². The Kier molecular flexibility index (Phi) is 4.46. The molecule has 0 aliphatic rings. The van der Waals surface area contributed by atoms with Crippen molar-refractivity contribution < 1.29 is 13.5 Å². The predicted octanol–water partition coefficient (Wildman–Crippen LogP) is 2.63. The Morgan fingerprint density at radius 1 is 1.21 bits per heavy atom. The normalized spacial score (nSPS) is 11.6. The molecule has 4 nitrogen and oxygen atoms in total. The Hall–Kier alpha value is -1.08. The Morgan fingerprint density at radius 2 is 1.95 bits per heavy atom. The summed E-state index contributed by atoms with van der Waals surface area (Å²) in [4.78, 5) is 0.893. The predicted molar refractivity (Wildman–Crippen MR) is 76.3 cm³/mol. The van der Waals surface area contributed by atoms with E-state index in [1.165, 1.54) is 23.5 Å². The monoisotopic (exact) mass is 317 g/mol. The average Bonchev–Trinajstić information content (AvgIpc) is 2.75. The molecule has 0 aliphatic carbocycles. The van der Waals surface area contributed by atoms with Gasteiger partial charge in [0.1, 0.15) is 10.6 Å². The number of hydrogen-bond acceptors (Lipinski definition) is 4. The van der Waals surface area contributed by atoms with E-state index in [4.69, 9.17) is 11.6 Å². The summed E-state index contributed by atoms with van der Waals surface area (Å²) < 4.78 is 27.0. The highest BCUT2D eigenvalue weighted by molar-refractivity contribution is 7.89. The van der Waals surface area contributed by atoms with Crippen LogP contribution in [-0.2, 0) is 16.4 Å². The van der Waals surface area contributed by atoms with Crippen LogP contribution in [0.5, 0.6) is 5.75 Å². The number of nitrogens with one attached hydrogen (secondary N) is 1. The fraction of sp³-hybridized carbons (Fsp3) is 0.167. The van der Waals surface area contributed by atoms with E-state index < -0.39 is 10.0 Å². The standard InChI is InChI=1S/C12H12ClNO3S2/c13-12-6-5-9(18-12)7-8-14-19(16,17)11-4-2-1-3-10(11)15/h1-6,14-15H,7-8H2. The number of hydrogen-bond donors (Lipinski definition) is 2. The van der Waals surface area contributed by atoms with E-state index in [1.54, 1.807) is 18.2 Å². The van der Waals surface area contributed by atoms with Crippen molar-refractivity contribution in [2.45, 2.75) is 11.3 Å². The molecule has 0 saturated carbocycles. The fourth-order valence-electron chi connectivity index (χ4n) is 1.56. The maximum Gasteiger partial charge on any atom is 0.244 e. The van der Waals surface area contributed by atoms with E-state index in [0.717, 1.165) is 4.88 Å². The summed E-state index contributed by atoms with van der Waals surface area (Å²) in [6.07, 6.45) is 0.560. The summed E-state index contributed by atoms with van der Waals surface area (Å²) in [6, 6.07) is 9.48. The van der Waals surface area contributed by atoms with Gasteiger partial charge in [-0.2, -0.15) is 0 Å². The molecule has 102 valence electrons. The molecule has 0 saturated heterocycles. The van der Waals surface area contributed by atoms with E-state index >= 15 is 0 Å². The third-order valence-corrected chi connectivity index (χ3v) is 5.25. The molecular weight excluding hydrogens is 306 g/mol. The SMILES string of the molecule is O=S(=O)(NCCc1ccc(Cl)s1)c1ccccc1O. The minimum atomic E-state index is -3.68. The second kappa shape index (κ2) is 5.92. The molecule has 0 bridgehead atoms. The number of benzene rings is 1. The summed E-state index contributed by atoms with van der Waals surface area (Å²) in [5.41, 5.74) is 0. The van der Waals surface area contributed by atoms with Crippen LogP contribution in [0.15, 0.2) is 41.3 Å². The summed E-state index contributed by atoms with van der Waals surface area (Å²) in [5, 5.41) is 9.53. The Morgan fingerprint density at radius 3 is 2.58 bits per heavy atom. The first-order valence-electron chi connectivity index (χ1n) is 5.51. The summed E-state index contributed by atoms with van der Waals surface area (Å²) in [7, 11) is -3.68. The molecule has 2 aromatic rings. The third-order valence-electron chi connectivity index (χ3n) is 2.45. The van der Waals surface area contributed by atoms with Crippen LogP contribution in [-0.4, -0.2) is 20.1 Å². The Bertz CT molecular complexity index is 667. The van der Waals surface area contributed by atoms with Gasteiger partial charge in [0.05, 0.1) is 4.34 Å². The maximum atomic E-state index is 12.0. The minimum absolute atomic E-state index is 0.112. The summed E-state index contributed by atoms with van der Waals surface area (Å²) in [5.74, 6) is -0.255. The number of aromatic hydroxyl groups is 1. The largest absolute Gasteiger partial charge is 0.507 e. The van der Waals surface area contributed by atoms with E-state index in [2.05, 4.69) is 4.72 Å². The van der Waals surface area contributed by atoms with Gasteiger partial charge in [0.2, 0.25) is 10.0 Å². The van der Waals surface area contributed by atoms with Crippen LogP contribution < -0.4 is 4.72 Å². The summed E-state index contributed by atoms with van der Waals surface area (Å²) in [6.45, 7) is 0.257. The van der Waals surface area contributed by atoms with Crippen molar-refractivity contribution >= 4 is 33.0 Å². The van der Waals surface area contributed by atoms with Gasteiger partial charge < -0.3 is 5.11 Å². The number of para-hydroxylation sites is 1. The second-order valence-corrected chi connectivity index (χ2v) is 7.36. The average molecular weight is 318 g/mol. The molecule has 0 amide bonds. The topological polar surface area (TPSA) is 66.4 Å². The van der Waals surface area contributed by atoms with E-state index in [1.807, 2.05) is 6.07 Å². The maximum absolute atomic E-state index is 12.0. The minimum Gasteiger partial charge on any atom is -0.507 e. The van der Waals surface area contributed by atoms with Crippen molar-refractivity contribution in [1.29, 1.82) is 0 Å². The highest BCUT2D eigenvalue weighted by atomic mass is 35.5. The number of thiophene rings is 1. The van der Waals surface area contributed by atoms with Gasteiger partial charge in [-0.15, -0.1) is 11.3 Å². The Labute approximate surface area is 120 Å². The molecule has 2 rings (SSSR count). The van der Waals surface area contributed by atoms with Crippen molar-refractivity contribution in [3.8, 4) is 5.75 Å². The van der Waals surface area contributed by atoms with E-state index in [9.17, 15) is 13.5 Å². The molecule has 0 fully saturated rings. The zero-order chi connectivity index (χ0) is 13.9. The first-order valence-corrected chi connectivity index (χ1v) is 8.19. The van der Waals surface area contributed by atoms with Crippen molar-refractivity contribution in [3.05, 3.63) is 45.6 Å². The number of phenols is 1. The second-order valence-electron chi connectivity index (χ2n) is 3.82. The van der Waals surface area contributed by atoms with Crippen molar-refractivity contribution in [1.82, 2.24) is 4.72 Å². The van der Waals surface area contributed by atoms with Gasteiger partial charge in [-0.3, -0.25) is 0 Å². The molecule has 0 aliphatic heterocycles. The highest BCUT2D eigenvalue weighted by Gasteiger charge is 2.17. The third kappa shape index (κ3) is 3.70. The van der Waals surface area contributed by atoms with Crippen molar-refractivity contribution in [2.75, 3.05) is 6.54 Å². The van der Waals surface area contributed by atoms with Crippen LogP contribution in [0.2, 0.25) is 4.34 Å². The molecule has 1 heterocycles. The van der Waals surface area contributed by atoms with Gasteiger partial charge in [-0.05, 0) is 30.7 Å². The number of phenolic OH excluding ortho intramolecular Hbond substituents is 1. The molecule has 1 aromatic heterocycles. The van der Waals surface area contributed by atoms with Crippen LogP contribution in [0.3, 0.4) is 0 Å². The van der Waals surface area contributed by atoms with Crippen LogP contribution >= 0.6 is 22.9 Å². The smallest absolute Gasteiger partial charge is 0.244 e. The molecule has 0 atom stereocenters. The molecule has 0 radical (unpaired) electrons. The lowest BCUT2D eigenvalue weighted by Gasteiger charge is -2.07. The quantitative estimate of drug-likeness (QED) is 0.891. The zero-order valence-corrected chi connectivity index (χ0v) is 12.2. The molecule has 0 spiro atoms. The Balaban J connectivity index is 2.01. The zero-order valence-electron chi connectivity index (χ0n) is 9.84. The van der Waals surface area contributed by atoms with Gasteiger partial charge >= 0.3 is 0 Å². The van der Waals surface area contributed by atoms with Gasteiger partial charge in [0.15, 0.2) is 0 Å². The molecule has 1 aromatic carbocycles. The van der Waals surface area contributed by atoms with Crippen molar-refractivity contribution in [2.24, 2.45) is 0 Å². The number of sulfonamides is 1. The fourth-order valence-corrected chi connectivity index (χ4v) is 3.77. The van der Waals surface area contributed by atoms with E-state index in [0.29, 0.717) is 10.8 Å². The molecular formula is C12H12ClNO3S2. The van der Waals surface area contributed by atoms with Crippen molar-refractivity contribution in [3.63, 3.8) is 0 Å². The van der Waals surface area contributed by atoms with Crippen LogP contribution in [0, 0.1) is 0 Å². The van der Waals surface area contributed by atoms with Gasteiger partial charge in [0.25, 0.3) is 0 Å². The molecule has 0 unspecified atom stereocenters. The van der Waals surface area contributed by atoms with E-state index in [-0.39, 0.29) is 17.2 Å². The van der Waals surface area contributed by atoms with Gasteiger partial charge in [0, 0.05) is 11.4 Å². The molecule has 2 N–H and O–H groups in total. The highest BCUT2D eigenvalue weighted by Crippen LogP contribution is 2.23. The lowest BCUT2D eigenvalue weighted by Crippen LogP contribution is -2.25. The lowest BCUT2D eigenvalue weighted by atomic mass is 10.3. The van der Waals surface area contributed by atoms with Gasteiger partial charge in [-0.1, -0.05) is 23.7 Å². The molecule has 7 heteroatoms. The summed E-state index contributed by atoms with van der Waals surface area (Å²) >= 11 is 7.21. The van der Waals surface area contributed by atoms with Crippen LogP contribution in [0.1, 0.15) is 4.88 Å². The first kappa shape index (κ1) is 14.3.